The van der Waals surface area contributed by atoms with E-state index in [0.717, 1.165) is 18.4 Å². The number of carbonyl (C=O) groups is 2. The first-order valence-electron chi connectivity index (χ1n) is 10.0. The number of ether oxygens (including phenoxy) is 2. The summed E-state index contributed by atoms with van der Waals surface area (Å²) in [5.41, 5.74) is 0.881. The smallest absolute Gasteiger partial charge is 0.325 e. The molecule has 1 saturated heterocycles. The number of halogens is 1. The lowest BCUT2D eigenvalue weighted by Crippen LogP contribution is -2.36. The van der Waals surface area contributed by atoms with E-state index >= 15 is 0 Å². The van der Waals surface area contributed by atoms with Gasteiger partial charge in [0.25, 0.3) is 5.91 Å². The lowest BCUT2D eigenvalue weighted by atomic mass is 10.1. The molecule has 1 aliphatic heterocycles. The molecule has 1 heterocycles. The standard InChI is InChI=1S/C22H25ClN2O6S/c1-30-19-10-7-17(13-20(19)32(28,29)25-11-3-4-12-25)22(27)24(15-21(26)31-2)14-16-5-8-18(23)9-6-16/h5-10,13H,3-4,11-12,14-15H2,1-2H3. The predicted octanol–water partition coefficient (Wildman–Crippen LogP) is 2.95. The maximum absolute atomic E-state index is 13.3. The fourth-order valence-corrected chi connectivity index (χ4v) is 5.32. The van der Waals surface area contributed by atoms with Crippen molar-refractivity contribution < 1.29 is 27.5 Å². The molecule has 172 valence electrons. The minimum absolute atomic E-state index is 0.0720. The molecule has 1 amide bonds. The van der Waals surface area contributed by atoms with Crippen molar-refractivity contribution in [2.75, 3.05) is 33.9 Å². The number of nitrogens with zero attached hydrogens (tertiary/aromatic N) is 2. The summed E-state index contributed by atoms with van der Waals surface area (Å²) in [5.74, 6) is -0.942. The average Bonchev–Trinajstić information content (AvgIpc) is 3.35. The molecule has 2 aromatic carbocycles. The van der Waals surface area contributed by atoms with Crippen LogP contribution in [-0.2, 0) is 26.1 Å². The van der Waals surface area contributed by atoms with E-state index in [2.05, 4.69) is 0 Å². The van der Waals surface area contributed by atoms with Gasteiger partial charge in [-0.1, -0.05) is 23.7 Å². The Hall–Kier alpha value is -2.62. The Labute approximate surface area is 192 Å². The van der Waals surface area contributed by atoms with Crippen molar-refractivity contribution in [2.24, 2.45) is 0 Å². The summed E-state index contributed by atoms with van der Waals surface area (Å²) in [4.78, 5) is 26.5. The summed E-state index contributed by atoms with van der Waals surface area (Å²) in [6, 6.07) is 11.1. The predicted molar refractivity (Wildman–Crippen MR) is 119 cm³/mol. The summed E-state index contributed by atoms with van der Waals surface area (Å²) in [6.07, 6.45) is 1.57. The zero-order valence-corrected chi connectivity index (χ0v) is 19.5. The molecule has 32 heavy (non-hydrogen) atoms. The van der Waals surface area contributed by atoms with E-state index in [0.29, 0.717) is 18.1 Å². The van der Waals surface area contributed by atoms with Crippen LogP contribution in [0.2, 0.25) is 5.02 Å². The van der Waals surface area contributed by atoms with Crippen molar-refractivity contribution in [1.29, 1.82) is 0 Å². The third-order valence-electron chi connectivity index (χ3n) is 5.21. The molecule has 0 saturated carbocycles. The molecule has 8 nitrogen and oxygen atoms in total. The topological polar surface area (TPSA) is 93.2 Å². The maximum atomic E-state index is 13.3. The number of hydrogen-bond donors (Lipinski definition) is 0. The van der Waals surface area contributed by atoms with Gasteiger partial charge in [0, 0.05) is 30.2 Å². The fourth-order valence-electron chi connectivity index (χ4n) is 3.49. The monoisotopic (exact) mass is 480 g/mol. The molecule has 0 aliphatic carbocycles. The van der Waals surface area contributed by atoms with Crippen LogP contribution in [0.5, 0.6) is 5.75 Å². The number of amides is 1. The van der Waals surface area contributed by atoms with Crippen LogP contribution in [0.1, 0.15) is 28.8 Å². The summed E-state index contributed by atoms with van der Waals surface area (Å²) in [5, 5.41) is 0.548. The number of carbonyl (C=O) groups excluding carboxylic acids is 2. The van der Waals surface area contributed by atoms with Crippen molar-refractivity contribution in [2.45, 2.75) is 24.3 Å². The van der Waals surface area contributed by atoms with Crippen LogP contribution in [0.3, 0.4) is 0 Å². The lowest BCUT2D eigenvalue weighted by Gasteiger charge is -2.23. The van der Waals surface area contributed by atoms with Gasteiger partial charge >= 0.3 is 5.97 Å². The number of sulfonamides is 1. The minimum atomic E-state index is -3.82. The molecule has 0 spiro atoms. The van der Waals surface area contributed by atoms with E-state index in [1.54, 1.807) is 24.3 Å². The number of methoxy groups -OCH3 is 2. The lowest BCUT2D eigenvalue weighted by molar-refractivity contribution is -0.141. The fraction of sp³-hybridized carbons (Fsp3) is 0.364. The largest absolute Gasteiger partial charge is 0.495 e. The van der Waals surface area contributed by atoms with Gasteiger partial charge in [0.15, 0.2) is 0 Å². The normalized spacial score (nSPS) is 14.2. The van der Waals surface area contributed by atoms with Crippen molar-refractivity contribution >= 4 is 33.5 Å². The van der Waals surface area contributed by atoms with Crippen LogP contribution < -0.4 is 4.74 Å². The zero-order chi connectivity index (χ0) is 23.3. The van der Waals surface area contributed by atoms with Crippen LogP contribution in [-0.4, -0.2) is 63.4 Å². The van der Waals surface area contributed by atoms with Crippen LogP contribution in [0, 0.1) is 0 Å². The third kappa shape index (κ3) is 5.40. The Morgan fingerprint density at radius 1 is 1.06 bits per heavy atom. The van der Waals surface area contributed by atoms with E-state index in [4.69, 9.17) is 21.1 Å². The molecular formula is C22H25ClN2O6S. The Bertz CT molecular complexity index is 1080. The SMILES string of the molecule is COC(=O)CN(Cc1ccc(Cl)cc1)C(=O)c1ccc(OC)c(S(=O)(=O)N2CCCC2)c1. The van der Waals surface area contributed by atoms with E-state index < -0.39 is 21.9 Å². The van der Waals surface area contributed by atoms with Crippen molar-refractivity contribution in [3.05, 3.63) is 58.6 Å². The summed E-state index contributed by atoms with van der Waals surface area (Å²) >= 11 is 5.93. The summed E-state index contributed by atoms with van der Waals surface area (Å²) < 4.78 is 37.7. The highest BCUT2D eigenvalue weighted by molar-refractivity contribution is 7.89. The molecule has 0 atom stereocenters. The molecule has 1 fully saturated rings. The highest BCUT2D eigenvalue weighted by atomic mass is 35.5. The first-order valence-corrected chi connectivity index (χ1v) is 11.9. The highest BCUT2D eigenvalue weighted by Gasteiger charge is 2.31. The Morgan fingerprint density at radius 3 is 2.31 bits per heavy atom. The Balaban J connectivity index is 1.96. The van der Waals surface area contributed by atoms with Crippen LogP contribution in [0.15, 0.2) is 47.4 Å². The molecule has 0 bridgehead atoms. The quantitative estimate of drug-likeness (QED) is 0.539. The number of esters is 1. The van der Waals surface area contributed by atoms with Gasteiger partial charge in [-0.15, -0.1) is 0 Å². The molecule has 1 aliphatic rings. The van der Waals surface area contributed by atoms with Gasteiger partial charge in [-0.25, -0.2) is 8.42 Å². The second-order valence-corrected chi connectivity index (χ2v) is 9.68. The van der Waals surface area contributed by atoms with E-state index in [1.807, 2.05) is 0 Å². The number of hydrogen-bond acceptors (Lipinski definition) is 6. The van der Waals surface area contributed by atoms with Crippen molar-refractivity contribution in [3.8, 4) is 5.75 Å². The van der Waals surface area contributed by atoms with Gasteiger partial charge in [-0.3, -0.25) is 9.59 Å². The van der Waals surface area contributed by atoms with Gasteiger partial charge in [0.1, 0.15) is 17.2 Å². The van der Waals surface area contributed by atoms with Crippen molar-refractivity contribution in [1.82, 2.24) is 9.21 Å². The van der Waals surface area contributed by atoms with Crippen LogP contribution in [0.4, 0.5) is 0 Å². The van der Waals surface area contributed by atoms with Gasteiger partial charge in [0.2, 0.25) is 10.0 Å². The minimum Gasteiger partial charge on any atom is -0.495 e. The maximum Gasteiger partial charge on any atom is 0.325 e. The molecule has 0 aromatic heterocycles. The molecule has 0 unspecified atom stereocenters. The van der Waals surface area contributed by atoms with E-state index in [9.17, 15) is 18.0 Å². The highest BCUT2D eigenvalue weighted by Crippen LogP contribution is 2.30. The number of rotatable bonds is 8. The van der Waals surface area contributed by atoms with E-state index in [1.165, 1.54) is 41.6 Å². The molecule has 10 heteroatoms. The molecule has 0 radical (unpaired) electrons. The van der Waals surface area contributed by atoms with Gasteiger partial charge in [-0.05, 0) is 48.7 Å². The Kier molecular flexibility index (Phi) is 7.76. The molecule has 0 N–H and O–H groups in total. The van der Waals surface area contributed by atoms with Crippen molar-refractivity contribution in [3.63, 3.8) is 0 Å². The second-order valence-electron chi connectivity index (χ2n) is 7.34. The Morgan fingerprint density at radius 2 is 1.72 bits per heavy atom. The summed E-state index contributed by atoms with van der Waals surface area (Å²) in [6.45, 7) is 0.674. The first-order chi connectivity index (χ1) is 15.3. The molecule has 2 aromatic rings. The zero-order valence-electron chi connectivity index (χ0n) is 17.9. The van der Waals surface area contributed by atoms with Crippen LogP contribution in [0.25, 0.3) is 0 Å². The molecular weight excluding hydrogens is 456 g/mol. The third-order valence-corrected chi connectivity index (χ3v) is 7.39. The first kappa shape index (κ1) is 24.0. The second kappa shape index (κ2) is 10.3. The number of benzene rings is 2. The molecule has 3 rings (SSSR count). The van der Waals surface area contributed by atoms with Gasteiger partial charge < -0.3 is 14.4 Å². The van der Waals surface area contributed by atoms with Gasteiger partial charge in [0.05, 0.1) is 14.2 Å². The average molecular weight is 481 g/mol. The van der Waals surface area contributed by atoms with Gasteiger partial charge in [-0.2, -0.15) is 4.31 Å². The summed E-state index contributed by atoms with van der Waals surface area (Å²) in [7, 11) is -1.21. The van der Waals surface area contributed by atoms with Crippen LogP contribution >= 0.6 is 11.6 Å². The van der Waals surface area contributed by atoms with E-state index in [-0.39, 0.29) is 29.3 Å².